The van der Waals surface area contributed by atoms with Gasteiger partial charge in [0.05, 0.1) is 22.5 Å². The van der Waals surface area contributed by atoms with Gasteiger partial charge in [-0.25, -0.2) is 0 Å². The molecule has 5 heteroatoms. The average molecular weight is 571 g/mol. The van der Waals surface area contributed by atoms with Crippen molar-refractivity contribution in [1.82, 2.24) is 0 Å². The van der Waals surface area contributed by atoms with Gasteiger partial charge in [0.15, 0.2) is 11.6 Å². The molecule has 4 aromatic rings. The first-order valence-electron chi connectivity index (χ1n) is 15.6. The molecule has 1 amide bonds. The maximum absolute atomic E-state index is 13.8. The highest BCUT2D eigenvalue weighted by Crippen LogP contribution is 2.39. The van der Waals surface area contributed by atoms with E-state index < -0.39 is 0 Å². The van der Waals surface area contributed by atoms with Gasteiger partial charge in [-0.1, -0.05) is 87.2 Å². The van der Waals surface area contributed by atoms with E-state index in [4.69, 9.17) is 0 Å². The van der Waals surface area contributed by atoms with Crippen molar-refractivity contribution < 1.29 is 14.4 Å². The van der Waals surface area contributed by atoms with E-state index >= 15 is 0 Å². The van der Waals surface area contributed by atoms with Gasteiger partial charge in [-0.05, 0) is 79.5 Å². The third-order valence-electron chi connectivity index (χ3n) is 9.08. The van der Waals surface area contributed by atoms with Gasteiger partial charge in [0.2, 0.25) is 0 Å². The SMILES string of the molecule is CCCCCC1CCC(c2ccc(C(=O)Nc3ccc(Nc4ccccc4)c4c3C(=O)c3ccccc3C4=O)cc2)CC1. The zero-order valence-electron chi connectivity index (χ0n) is 24.7. The minimum absolute atomic E-state index is 0.213. The molecular weight excluding hydrogens is 532 g/mol. The van der Waals surface area contributed by atoms with Crippen molar-refractivity contribution in [3.63, 3.8) is 0 Å². The van der Waals surface area contributed by atoms with Crippen LogP contribution in [0.4, 0.5) is 17.1 Å². The third-order valence-corrected chi connectivity index (χ3v) is 9.08. The summed E-state index contributed by atoms with van der Waals surface area (Å²) >= 11 is 0. The average Bonchev–Trinajstić information content (AvgIpc) is 3.05. The number of benzene rings is 4. The summed E-state index contributed by atoms with van der Waals surface area (Å²) < 4.78 is 0. The second-order valence-corrected chi connectivity index (χ2v) is 11.9. The lowest BCUT2D eigenvalue weighted by molar-refractivity contribution is 0.0979. The molecule has 2 aliphatic carbocycles. The van der Waals surface area contributed by atoms with Gasteiger partial charge in [-0.15, -0.1) is 0 Å². The van der Waals surface area contributed by atoms with Crippen molar-refractivity contribution in [3.8, 4) is 0 Å². The van der Waals surface area contributed by atoms with Gasteiger partial charge < -0.3 is 10.6 Å². The lowest BCUT2D eigenvalue weighted by Crippen LogP contribution is -2.25. The monoisotopic (exact) mass is 570 g/mol. The first-order chi connectivity index (χ1) is 21.0. The minimum Gasteiger partial charge on any atom is -0.355 e. The number of nitrogens with one attached hydrogen (secondary N) is 2. The summed E-state index contributed by atoms with van der Waals surface area (Å²) in [4.78, 5) is 41.0. The summed E-state index contributed by atoms with van der Waals surface area (Å²) in [7, 11) is 0. The molecule has 0 aromatic heterocycles. The summed E-state index contributed by atoms with van der Waals surface area (Å²) in [5, 5.41) is 6.24. The molecule has 1 fully saturated rings. The summed E-state index contributed by atoms with van der Waals surface area (Å²) in [6.45, 7) is 2.26. The highest BCUT2D eigenvalue weighted by atomic mass is 16.2. The number of carbonyl (C=O) groups excluding carboxylic acids is 3. The predicted molar refractivity (Wildman–Crippen MR) is 173 cm³/mol. The number of ketones is 2. The number of para-hydroxylation sites is 1. The van der Waals surface area contributed by atoms with Gasteiger partial charge >= 0.3 is 0 Å². The molecular formula is C38H38N2O3. The molecule has 4 aromatic carbocycles. The summed E-state index contributed by atoms with van der Waals surface area (Å²) in [5.74, 6) is 0.563. The molecule has 0 radical (unpaired) electrons. The molecule has 1 saturated carbocycles. The van der Waals surface area contributed by atoms with Gasteiger partial charge in [0.1, 0.15) is 0 Å². The van der Waals surface area contributed by atoms with Crippen LogP contribution >= 0.6 is 0 Å². The Morgan fingerprint density at radius 3 is 1.95 bits per heavy atom. The van der Waals surface area contributed by atoms with Crippen LogP contribution in [0.1, 0.15) is 112 Å². The Balaban J connectivity index is 1.22. The van der Waals surface area contributed by atoms with Gasteiger partial charge in [0, 0.05) is 22.4 Å². The maximum atomic E-state index is 13.8. The second-order valence-electron chi connectivity index (χ2n) is 11.9. The predicted octanol–water partition coefficient (Wildman–Crippen LogP) is 9.31. The van der Waals surface area contributed by atoms with Crippen molar-refractivity contribution in [1.29, 1.82) is 0 Å². The van der Waals surface area contributed by atoms with Crippen LogP contribution in [-0.4, -0.2) is 17.5 Å². The molecule has 0 unspecified atom stereocenters. The Labute approximate surface area is 253 Å². The minimum atomic E-state index is -0.309. The van der Waals surface area contributed by atoms with Crippen molar-refractivity contribution in [3.05, 3.63) is 124 Å². The largest absolute Gasteiger partial charge is 0.355 e. The quantitative estimate of drug-likeness (QED) is 0.173. The Hall–Kier alpha value is -4.51. The first kappa shape index (κ1) is 28.6. The topological polar surface area (TPSA) is 75.3 Å². The molecule has 0 aliphatic heterocycles. The van der Waals surface area contributed by atoms with E-state index in [1.54, 1.807) is 36.4 Å². The molecule has 218 valence electrons. The summed E-state index contributed by atoms with van der Waals surface area (Å²) in [6, 6.07) is 27.7. The number of fused-ring (bicyclic) bond motifs is 2. The van der Waals surface area contributed by atoms with Crippen LogP contribution in [0.2, 0.25) is 0 Å². The molecule has 0 bridgehead atoms. The highest BCUT2D eigenvalue weighted by molar-refractivity contribution is 6.32. The van der Waals surface area contributed by atoms with Crippen LogP contribution in [0, 0.1) is 5.92 Å². The smallest absolute Gasteiger partial charge is 0.255 e. The van der Waals surface area contributed by atoms with E-state index in [-0.39, 0.29) is 28.6 Å². The molecule has 0 heterocycles. The third kappa shape index (κ3) is 6.03. The number of amides is 1. The van der Waals surface area contributed by atoms with Crippen molar-refractivity contribution >= 4 is 34.5 Å². The number of carbonyl (C=O) groups is 3. The fourth-order valence-electron chi connectivity index (χ4n) is 6.68. The van der Waals surface area contributed by atoms with Crippen molar-refractivity contribution in [2.24, 2.45) is 5.92 Å². The molecule has 0 spiro atoms. The number of rotatable bonds is 9. The molecule has 6 rings (SSSR count). The fourth-order valence-corrected chi connectivity index (χ4v) is 6.68. The Morgan fingerprint density at radius 1 is 0.698 bits per heavy atom. The van der Waals surface area contributed by atoms with E-state index in [9.17, 15) is 14.4 Å². The van der Waals surface area contributed by atoms with Crippen LogP contribution in [0.15, 0.2) is 91.0 Å². The highest BCUT2D eigenvalue weighted by Gasteiger charge is 2.34. The van der Waals surface area contributed by atoms with Gasteiger partial charge in [-0.3, -0.25) is 14.4 Å². The molecule has 5 nitrogen and oxygen atoms in total. The maximum Gasteiger partial charge on any atom is 0.255 e. The first-order valence-corrected chi connectivity index (χ1v) is 15.6. The molecule has 0 saturated heterocycles. The normalized spacial score (nSPS) is 17.6. The second kappa shape index (κ2) is 12.8. The lowest BCUT2D eigenvalue weighted by atomic mass is 9.77. The van der Waals surface area contributed by atoms with Crippen LogP contribution in [0.25, 0.3) is 0 Å². The van der Waals surface area contributed by atoms with Crippen LogP contribution in [0.3, 0.4) is 0 Å². The molecule has 43 heavy (non-hydrogen) atoms. The summed E-state index contributed by atoms with van der Waals surface area (Å²) in [5.41, 5.74) is 4.65. The molecule has 0 atom stereocenters. The number of unbranched alkanes of at least 4 members (excludes halogenated alkanes) is 2. The van der Waals surface area contributed by atoms with Crippen LogP contribution in [-0.2, 0) is 0 Å². The number of anilines is 3. The Bertz CT molecular complexity index is 1630. The van der Waals surface area contributed by atoms with E-state index in [0.29, 0.717) is 34.0 Å². The zero-order valence-corrected chi connectivity index (χ0v) is 24.7. The molecule has 2 N–H and O–H groups in total. The lowest BCUT2D eigenvalue weighted by Gasteiger charge is -2.29. The van der Waals surface area contributed by atoms with E-state index in [2.05, 4.69) is 29.7 Å². The van der Waals surface area contributed by atoms with Crippen LogP contribution in [0.5, 0.6) is 0 Å². The van der Waals surface area contributed by atoms with Crippen molar-refractivity contribution in [2.45, 2.75) is 64.2 Å². The number of hydrogen-bond donors (Lipinski definition) is 2. The van der Waals surface area contributed by atoms with Crippen molar-refractivity contribution in [2.75, 3.05) is 10.6 Å². The Kier molecular flexibility index (Phi) is 8.50. The summed E-state index contributed by atoms with van der Waals surface area (Å²) in [6.07, 6.45) is 10.3. The Morgan fingerprint density at radius 2 is 1.30 bits per heavy atom. The zero-order chi connectivity index (χ0) is 29.8. The standard InChI is InChI=1S/C38H38N2O3/c1-2-3-5-10-25-15-17-26(18-16-25)27-19-21-28(22-20-27)38(43)40-33-24-23-32(39-29-11-6-4-7-12-29)34-35(33)37(42)31-14-9-8-13-30(31)36(34)41/h4,6-9,11-14,19-26,39H,2-3,5,10,15-18H2,1H3,(H,40,43). The van der Waals surface area contributed by atoms with Crippen LogP contribution < -0.4 is 10.6 Å². The molecule has 2 aliphatic rings. The van der Waals surface area contributed by atoms with E-state index in [1.807, 2.05) is 42.5 Å². The van der Waals surface area contributed by atoms with Gasteiger partial charge in [0.25, 0.3) is 5.91 Å². The number of hydrogen-bond acceptors (Lipinski definition) is 4. The van der Waals surface area contributed by atoms with Gasteiger partial charge in [-0.2, -0.15) is 0 Å². The van der Waals surface area contributed by atoms with E-state index in [0.717, 1.165) is 11.6 Å². The fraction of sp³-hybridized carbons (Fsp3) is 0.289. The van der Waals surface area contributed by atoms with E-state index in [1.165, 1.54) is 56.9 Å².